The molecule has 216 valence electrons. The lowest BCUT2D eigenvalue weighted by Gasteiger charge is -2.33. The highest BCUT2D eigenvalue weighted by molar-refractivity contribution is 6.30. The van der Waals surface area contributed by atoms with E-state index < -0.39 is 54.5 Å². The number of nitrogens with one attached hydrogen (secondary N) is 1. The summed E-state index contributed by atoms with van der Waals surface area (Å²) >= 11 is 6.00. The van der Waals surface area contributed by atoms with E-state index in [1.165, 1.54) is 60.7 Å². The van der Waals surface area contributed by atoms with Crippen molar-refractivity contribution < 1.29 is 37.4 Å². The van der Waals surface area contributed by atoms with Gasteiger partial charge in [-0.15, -0.1) is 0 Å². The highest BCUT2D eigenvalue weighted by Gasteiger charge is 2.56. The molecule has 1 atom stereocenters. The summed E-state index contributed by atoms with van der Waals surface area (Å²) < 4.78 is 57.8. The van der Waals surface area contributed by atoms with Crippen LogP contribution in [0.4, 0.5) is 28.9 Å². The van der Waals surface area contributed by atoms with Crippen molar-refractivity contribution >= 4 is 34.8 Å². The van der Waals surface area contributed by atoms with Crippen molar-refractivity contribution in [3.63, 3.8) is 0 Å². The summed E-state index contributed by atoms with van der Waals surface area (Å²) in [7, 11) is 0. The highest BCUT2D eigenvalue weighted by Crippen LogP contribution is 2.47. The molecule has 0 saturated carbocycles. The first-order valence-electron chi connectivity index (χ1n) is 12.7. The molecule has 1 aliphatic rings. The Labute approximate surface area is 242 Å². The number of carbonyl (C=O) groups excluding carboxylic acids is 2. The summed E-state index contributed by atoms with van der Waals surface area (Å²) in [4.78, 5) is 27.6. The van der Waals surface area contributed by atoms with Gasteiger partial charge in [-0.1, -0.05) is 29.8 Å². The molecule has 42 heavy (non-hydrogen) atoms. The average Bonchev–Trinajstić information content (AvgIpc) is 3.05. The van der Waals surface area contributed by atoms with Crippen molar-refractivity contribution in [1.82, 2.24) is 0 Å². The molecule has 4 aromatic carbocycles. The summed E-state index contributed by atoms with van der Waals surface area (Å²) in [6.07, 6.45) is -0.933. The number of fused-ring (bicyclic) bond motifs is 1. The zero-order valence-electron chi connectivity index (χ0n) is 21.8. The van der Waals surface area contributed by atoms with E-state index in [1.54, 1.807) is 6.07 Å². The Kier molecular flexibility index (Phi) is 7.80. The number of hydrogen-bond acceptors (Lipinski definition) is 4. The third kappa shape index (κ3) is 5.36. The normalized spacial score (nSPS) is 17.7. The fourth-order valence-electron chi connectivity index (χ4n) is 4.93. The van der Waals surface area contributed by atoms with E-state index in [9.17, 15) is 37.4 Å². The molecule has 3 N–H and O–H groups in total. The van der Waals surface area contributed by atoms with Gasteiger partial charge in [0.15, 0.2) is 5.60 Å². The first-order valence-corrected chi connectivity index (χ1v) is 13.1. The standard InChI is InChI=1S/C31H23ClF4N2O4/c32-20-6-11-27-26(15-20)30(42,17-39)31(35,36)12-13-38(27)29(41)18-4-8-23(9-5-18)37-28(40)25-16-22(34)7-10-24(25)19-2-1-3-21(33)14-19/h1-11,14-16,39,42H,12-13,17H2,(H,37,40)/t30-/m0/s1. The molecule has 0 fully saturated rings. The summed E-state index contributed by atoms with van der Waals surface area (Å²) in [6, 6.07) is 18.4. The largest absolute Gasteiger partial charge is 0.393 e. The second-order valence-corrected chi connectivity index (χ2v) is 10.3. The molecule has 1 aliphatic heterocycles. The average molecular weight is 599 g/mol. The monoisotopic (exact) mass is 598 g/mol. The molecular weight excluding hydrogens is 576 g/mol. The molecule has 5 rings (SSSR count). The Morgan fingerprint density at radius 3 is 2.33 bits per heavy atom. The number of benzene rings is 4. The van der Waals surface area contributed by atoms with Crippen LogP contribution in [-0.2, 0) is 5.60 Å². The number of hydrogen-bond donors (Lipinski definition) is 3. The van der Waals surface area contributed by atoms with Crippen LogP contribution in [0.5, 0.6) is 0 Å². The van der Waals surface area contributed by atoms with E-state index in [0.717, 1.165) is 23.1 Å². The van der Waals surface area contributed by atoms with Gasteiger partial charge in [0.05, 0.1) is 17.9 Å². The minimum absolute atomic E-state index is 0.0321. The Hall–Kier alpha value is -4.25. The second-order valence-electron chi connectivity index (χ2n) is 9.82. The van der Waals surface area contributed by atoms with Gasteiger partial charge in [0.25, 0.3) is 17.7 Å². The SMILES string of the molecule is O=C(Nc1ccc(C(=O)N2CCC(F)(F)[C@](O)(CO)c3cc(Cl)ccc32)cc1)c1cc(F)ccc1-c1cccc(F)c1. The lowest BCUT2D eigenvalue weighted by atomic mass is 9.86. The van der Waals surface area contributed by atoms with Gasteiger partial charge in [-0.2, -0.15) is 0 Å². The first kappa shape index (κ1) is 29.2. The molecule has 0 unspecified atom stereocenters. The summed E-state index contributed by atoms with van der Waals surface area (Å²) in [5, 5.41) is 23.2. The number of aliphatic hydroxyl groups excluding tert-OH is 1. The fourth-order valence-corrected chi connectivity index (χ4v) is 5.10. The number of halogens is 5. The summed E-state index contributed by atoms with van der Waals surface area (Å²) in [6.45, 7) is -1.76. The number of rotatable bonds is 5. The van der Waals surface area contributed by atoms with E-state index in [-0.39, 0.29) is 33.1 Å². The first-order chi connectivity index (χ1) is 19.9. The quantitative estimate of drug-likeness (QED) is 0.232. The number of aliphatic hydroxyl groups is 2. The molecule has 0 bridgehead atoms. The van der Waals surface area contributed by atoms with Crippen LogP contribution in [0.1, 0.15) is 32.7 Å². The van der Waals surface area contributed by atoms with Crippen LogP contribution in [0.3, 0.4) is 0 Å². The maximum atomic E-state index is 15.0. The topological polar surface area (TPSA) is 89.9 Å². The Balaban J connectivity index is 1.41. The maximum absolute atomic E-state index is 15.0. The van der Waals surface area contributed by atoms with Gasteiger partial charge in [-0.05, 0) is 77.9 Å². The molecule has 2 amide bonds. The highest BCUT2D eigenvalue weighted by atomic mass is 35.5. The zero-order valence-corrected chi connectivity index (χ0v) is 22.5. The van der Waals surface area contributed by atoms with Crippen molar-refractivity contribution in [2.24, 2.45) is 0 Å². The molecule has 0 aliphatic carbocycles. The van der Waals surface area contributed by atoms with Gasteiger partial charge in [-0.25, -0.2) is 17.6 Å². The van der Waals surface area contributed by atoms with Gasteiger partial charge < -0.3 is 20.4 Å². The molecule has 11 heteroatoms. The van der Waals surface area contributed by atoms with Crippen molar-refractivity contribution in [3.05, 3.63) is 118 Å². The molecular formula is C31H23ClF4N2O4. The lowest BCUT2D eigenvalue weighted by Crippen LogP contribution is -2.48. The van der Waals surface area contributed by atoms with Gasteiger partial charge >= 0.3 is 0 Å². The molecule has 4 aromatic rings. The van der Waals surface area contributed by atoms with Crippen molar-refractivity contribution in [2.75, 3.05) is 23.4 Å². The number of carbonyl (C=O) groups is 2. The molecule has 0 spiro atoms. The van der Waals surface area contributed by atoms with E-state index in [2.05, 4.69) is 5.32 Å². The van der Waals surface area contributed by atoms with Gasteiger partial charge in [0.1, 0.15) is 11.6 Å². The number of anilines is 2. The van der Waals surface area contributed by atoms with E-state index in [4.69, 9.17) is 11.6 Å². The molecule has 1 heterocycles. The predicted molar refractivity (Wildman–Crippen MR) is 150 cm³/mol. The maximum Gasteiger partial charge on any atom is 0.284 e. The second kappa shape index (κ2) is 11.2. The Morgan fingerprint density at radius 1 is 0.929 bits per heavy atom. The van der Waals surface area contributed by atoms with Crippen LogP contribution >= 0.6 is 11.6 Å². The summed E-state index contributed by atoms with van der Waals surface area (Å²) in [5.41, 5.74) is -2.42. The lowest BCUT2D eigenvalue weighted by molar-refractivity contribution is -0.205. The molecule has 6 nitrogen and oxygen atoms in total. The number of nitrogens with zero attached hydrogens (tertiary/aromatic N) is 1. The van der Waals surface area contributed by atoms with Crippen LogP contribution in [0.15, 0.2) is 84.9 Å². The van der Waals surface area contributed by atoms with E-state index in [0.29, 0.717) is 11.1 Å². The van der Waals surface area contributed by atoms with Crippen molar-refractivity contribution in [3.8, 4) is 11.1 Å². The fraction of sp³-hybridized carbons (Fsp3) is 0.161. The van der Waals surface area contributed by atoms with Crippen LogP contribution < -0.4 is 10.2 Å². The number of alkyl halides is 2. The Morgan fingerprint density at radius 2 is 1.64 bits per heavy atom. The van der Waals surface area contributed by atoms with Crippen LogP contribution in [0.2, 0.25) is 5.02 Å². The zero-order chi connectivity index (χ0) is 30.2. The Bertz CT molecular complexity index is 1680. The third-order valence-electron chi connectivity index (χ3n) is 7.17. The van der Waals surface area contributed by atoms with Gasteiger partial charge in [-0.3, -0.25) is 9.59 Å². The van der Waals surface area contributed by atoms with E-state index in [1.807, 2.05) is 0 Å². The number of amides is 2. The van der Waals surface area contributed by atoms with Crippen molar-refractivity contribution in [2.45, 2.75) is 17.9 Å². The summed E-state index contributed by atoms with van der Waals surface area (Å²) in [5.74, 6) is -6.32. The predicted octanol–water partition coefficient (Wildman–Crippen LogP) is 6.40. The molecule has 0 radical (unpaired) electrons. The minimum Gasteiger partial charge on any atom is -0.393 e. The van der Waals surface area contributed by atoms with Gasteiger partial charge in [0, 0.05) is 34.8 Å². The van der Waals surface area contributed by atoms with Crippen molar-refractivity contribution in [1.29, 1.82) is 0 Å². The minimum atomic E-state index is -3.77. The van der Waals surface area contributed by atoms with Crippen LogP contribution in [-0.4, -0.2) is 41.1 Å². The van der Waals surface area contributed by atoms with Gasteiger partial charge in [0.2, 0.25) is 0 Å². The van der Waals surface area contributed by atoms with Crippen LogP contribution in [0, 0.1) is 11.6 Å². The van der Waals surface area contributed by atoms with E-state index >= 15 is 0 Å². The smallest absolute Gasteiger partial charge is 0.284 e. The molecule has 0 aromatic heterocycles. The van der Waals surface area contributed by atoms with Crippen LogP contribution in [0.25, 0.3) is 11.1 Å². The third-order valence-corrected chi connectivity index (χ3v) is 7.41. The molecule has 0 saturated heterocycles.